The van der Waals surface area contributed by atoms with Crippen LogP contribution in [0.15, 0.2) is 84.9 Å². The number of nitrogens with zero attached hydrogens (tertiary/aromatic N) is 3. The zero-order chi connectivity index (χ0) is 42.9. The lowest BCUT2D eigenvalue weighted by Gasteiger charge is -2.19. The van der Waals surface area contributed by atoms with E-state index in [4.69, 9.17) is 4.18 Å². The van der Waals surface area contributed by atoms with Gasteiger partial charge in [-0.1, -0.05) is 121 Å². The number of unbranched alkanes of at least 4 members (excludes halogenated alkanes) is 9. The molecule has 3 atom stereocenters. The van der Waals surface area contributed by atoms with Crippen molar-refractivity contribution >= 4 is 50.1 Å². The molecule has 0 saturated heterocycles. The van der Waals surface area contributed by atoms with E-state index in [1.165, 1.54) is 56.7 Å². The Labute approximate surface area is 356 Å². The third-order valence-corrected chi connectivity index (χ3v) is 12.6. The van der Waals surface area contributed by atoms with E-state index in [1.807, 2.05) is 18.2 Å². The summed E-state index contributed by atoms with van der Waals surface area (Å²) in [7, 11) is -3.85. The summed E-state index contributed by atoms with van der Waals surface area (Å²) in [6.07, 6.45) is 12.0. The molecule has 0 bridgehead atoms. The minimum atomic E-state index is -3.85. The number of benzene rings is 3. The number of hydrogen-bond donors (Lipinski definition) is 5. The van der Waals surface area contributed by atoms with Crippen LogP contribution >= 0.6 is 0 Å². The van der Waals surface area contributed by atoms with E-state index in [1.54, 1.807) is 60.0 Å². The minimum Gasteiger partial charge on any atom is -0.389 e. The first-order valence-corrected chi connectivity index (χ1v) is 23.8. The van der Waals surface area contributed by atoms with E-state index in [2.05, 4.69) is 56.1 Å². The van der Waals surface area contributed by atoms with Crippen molar-refractivity contribution in [3.63, 3.8) is 0 Å². The van der Waals surface area contributed by atoms with Crippen molar-refractivity contribution < 1.29 is 26.4 Å². The topological polar surface area (TPSA) is 189 Å². The van der Waals surface area contributed by atoms with Gasteiger partial charge in [0.25, 0.3) is 23.1 Å². The summed E-state index contributed by atoms with van der Waals surface area (Å²) in [5.41, 5.74) is 2.91. The van der Waals surface area contributed by atoms with E-state index in [0.717, 1.165) is 31.4 Å². The van der Waals surface area contributed by atoms with Crippen molar-refractivity contribution in [1.29, 1.82) is 0 Å². The molecule has 5 rings (SSSR count). The number of fused-ring (bicyclic) bond motifs is 1. The quantitative estimate of drug-likeness (QED) is 0.0341. The number of para-hydroxylation sites is 2. The van der Waals surface area contributed by atoms with Crippen molar-refractivity contribution in [3.05, 3.63) is 108 Å². The van der Waals surface area contributed by atoms with E-state index < -0.39 is 45.1 Å². The standard InChI is InChI=1S/C44H60N8O6S2/c1-5-6-7-8-9-10-11-12-13-16-21-34(31-60(56,57)51-33(4)42-49-48-41-29-40(32(2)3)50-52(41)42)30-45-59(55)58-39-27-35(43(53)46-37-22-17-14-18-23-37)26-36(28-39)44(54)47-38-24-19-15-20-25-38/h14-15,17-20,22-29,32-34,45,50-51H,5-13,16,21,30-31H2,1-4H3,(H,46,53)(H,47,54). The highest BCUT2D eigenvalue weighted by molar-refractivity contribution is 7.89. The Morgan fingerprint density at radius 2 is 1.32 bits per heavy atom. The van der Waals surface area contributed by atoms with E-state index in [0.29, 0.717) is 29.3 Å². The van der Waals surface area contributed by atoms with Crippen LogP contribution in [0.2, 0.25) is 0 Å². The summed E-state index contributed by atoms with van der Waals surface area (Å²) < 4.78 is 53.9. The van der Waals surface area contributed by atoms with Gasteiger partial charge in [0.2, 0.25) is 10.0 Å². The Morgan fingerprint density at radius 1 is 0.767 bits per heavy atom. The SMILES string of the molecule is CCCCCCCCCCCCC(CNS(=O)Oc1cc(C(=O)Nc2ccccc2)cc(C(=O)Nc2ccccc2)c1)CS(=O)(=O)NC(C)c1nnc2cc(C(C)C)[nH]n12. The van der Waals surface area contributed by atoms with Crippen LogP contribution in [0.25, 0.3) is 5.65 Å². The number of aromatic nitrogens is 4. The fourth-order valence-electron chi connectivity index (χ4n) is 6.90. The summed E-state index contributed by atoms with van der Waals surface area (Å²) in [6.45, 7) is 8.12. The molecule has 3 aromatic carbocycles. The summed E-state index contributed by atoms with van der Waals surface area (Å²) >= 11 is -2.16. The third kappa shape index (κ3) is 14.7. The molecule has 5 aromatic rings. The van der Waals surface area contributed by atoms with Crippen molar-refractivity contribution in [2.24, 2.45) is 5.92 Å². The molecule has 0 aliphatic carbocycles. The number of nitrogens with one attached hydrogen (secondary N) is 5. The Hall–Kier alpha value is -4.90. The molecule has 2 amide bonds. The molecule has 0 aliphatic rings. The van der Waals surface area contributed by atoms with Crippen LogP contribution in [0.1, 0.15) is 143 Å². The van der Waals surface area contributed by atoms with Gasteiger partial charge in [0.1, 0.15) is 5.75 Å². The molecule has 14 nitrogen and oxygen atoms in total. The fourth-order valence-corrected chi connectivity index (χ4v) is 9.25. The lowest BCUT2D eigenvalue weighted by atomic mass is 10.0. The van der Waals surface area contributed by atoms with Crippen LogP contribution in [0.3, 0.4) is 0 Å². The number of H-pyrrole nitrogens is 1. The molecule has 2 aromatic heterocycles. The molecule has 2 heterocycles. The molecule has 0 spiro atoms. The number of sulfonamides is 1. The first-order chi connectivity index (χ1) is 28.9. The van der Waals surface area contributed by atoms with Gasteiger partial charge in [-0.2, -0.15) is 4.21 Å². The van der Waals surface area contributed by atoms with E-state index in [-0.39, 0.29) is 35.1 Å². The second-order valence-corrected chi connectivity index (χ2v) is 18.4. The maximum atomic E-state index is 13.7. The molecule has 0 radical (unpaired) electrons. The molecule has 16 heteroatoms. The summed E-state index contributed by atoms with van der Waals surface area (Å²) in [4.78, 5) is 26.7. The van der Waals surface area contributed by atoms with Crippen molar-refractivity contribution in [2.45, 2.75) is 110 Å². The van der Waals surface area contributed by atoms with Crippen LogP contribution < -0.4 is 24.3 Å². The highest BCUT2D eigenvalue weighted by atomic mass is 32.2. The number of anilines is 2. The average Bonchev–Trinajstić information content (AvgIpc) is 3.83. The number of amides is 2. The highest BCUT2D eigenvalue weighted by Crippen LogP contribution is 2.23. The van der Waals surface area contributed by atoms with Gasteiger partial charge in [0, 0.05) is 40.8 Å². The van der Waals surface area contributed by atoms with Gasteiger partial charge in [-0.15, -0.1) is 10.2 Å². The normalized spacial score (nSPS) is 13.3. The number of rotatable bonds is 26. The second kappa shape index (κ2) is 23.2. The maximum absolute atomic E-state index is 13.7. The number of carbonyl (C=O) groups excluding carboxylic acids is 2. The second-order valence-electron chi connectivity index (χ2n) is 15.6. The Balaban J connectivity index is 1.25. The maximum Gasteiger partial charge on any atom is 0.288 e. The van der Waals surface area contributed by atoms with Gasteiger partial charge in [-0.05, 0) is 67.6 Å². The van der Waals surface area contributed by atoms with Gasteiger partial charge < -0.3 is 14.8 Å². The van der Waals surface area contributed by atoms with E-state index in [9.17, 15) is 22.2 Å². The van der Waals surface area contributed by atoms with Gasteiger partial charge in [-0.25, -0.2) is 22.4 Å². The molecule has 0 saturated carbocycles. The summed E-state index contributed by atoms with van der Waals surface area (Å²) in [5, 5.41) is 17.3. The van der Waals surface area contributed by atoms with Gasteiger partial charge >= 0.3 is 0 Å². The van der Waals surface area contributed by atoms with Crippen LogP contribution in [0.4, 0.5) is 11.4 Å². The molecular formula is C44H60N8O6S2. The van der Waals surface area contributed by atoms with Crippen molar-refractivity contribution in [3.8, 4) is 5.75 Å². The Kier molecular flexibility index (Phi) is 17.8. The van der Waals surface area contributed by atoms with Crippen molar-refractivity contribution in [2.75, 3.05) is 22.9 Å². The van der Waals surface area contributed by atoms with E-state index >= 15 is 0 Å². The predicted molar refractivity (Wildman–Crippen MR) is 239 cm³/mol. The van der Waals surface area contributed by atoms with Crippen LogP contribution in [-0.2, 0) is 21.3 Å². The number of carbonyl (C=O) groups is 2. The minimum absolute atomic E-state index is 0.0127. The third-order valence-electron chi connectivity index (χ3n) is 10.2. The zero-order valence-corrected chi connectivity index (χ0v) is 36.7. The first-order valence-electron chi connectivity index (χ1n) is 21.1. The smallest absolute Gasteiger partial charge is 0.288 e. The first kappa shape index (κ1) is 46.2. The largest absolute Gasteiger partial charge is 0.389 e. The molecule has 324 valence electrons. The Morgan fingerprint density at radius 3 is 1.87 bits per heavy atom. The summed E-state index contributed by atoms with van der Waals surface area (Å²) in [5.74, 6) is -0.943. The highest BCUT2D eigenvalue weighted by Gasteiger charge is 2.26. The fraction of sp³-hybridized carbons (Fsp3) is 0.455. The molecule has 60 heavy (non-hydrogen) atoms. The Bertz CT molecular complexity index is 2170. The van der Waals surface area contributed by atoms with Gasteiger partial charge in [0.15, 0.2) is 11.5 Å². The van der Waals surface area contributed by atoms with Crippen LogP contribution in [0, 0.1) is 5.92 Å². The summed E-state index contributed by atoms with van der Waals surface area (Å²) in [6, 6.07) is 23.2. The lowest BCUT2D eigenvalue weighted by molar-refractivity contribution is 0.102. The molecule has 0 fully saturated rings. The molecule has 3 unspecified atom stereocenters. The van der Waals surface area contributed by atoms with Crippen LogP contribution in [0.5, 0.6) is 5.75 Å². The molecule has 0 aliphatic heterocycles. The van der Waals surface area contributed by atoms with Gasteiger partial charge in [-0.3, -0.25) is 14.7 Å². The average molecular weight is 861 g/mol. The monoisotopic (exact) mass is 860 g/mol. The predicted octanol–water partition coefficient (Wildman–Crippen LogP) is 8.84. The number of hydrogen-bond acceptors (Lipinski definition) is 8. The molecule has 5 N–H and O–H groups in total. The zero-order valence-electron chi connectivity index (χ0n) is 35.1. The van der Waals surface area contributed by atoms with Crippen molar-refractivity contribution in [1.82, 2.24) is 29.3 Å². The molecular weight excluding hydrogens is 801 g/mol. The number of aromatic amines is 1. The van der Waals surface area contributed by atoms with Gasteiger partial charge in [0.05, 0.1) is 11.8 Å². The lowest BCUT2D eigenvalue weighted by Crippen LogP contribution is -2.37. The van der Waals surface area contributed by atoms with Crippen LogP contribution in [-0.4, -0.2) is 56.6 Å².